The molecule has 3 rings (SSSR count). The van der Waals surface area contributed by atoms with E-state index in [4.69, 9.17) is 17.3 Å². The first kappa shape index (κ1) is 13.3. The third-order valence-electron chi connectivity index (χ3n) is 3.00. The van der Waals surface area contributed by atoms with Crippen molar-refractivity contribution < 1.29 is 0 Å². The zero-order valence-electron chi connectivity index (χ0n) is 11.0. The largest absolute Gasteiger partial charge is 0.398 e. The Morgan fingerprint density at radius 2 is 2.10 bits per heavy atom. The van der Waals surface area contributed by atoms with Crippen LogP contribution in [-0.4, -0.2) is 9.38 Å². The van der Waals surface area contributed by atoms with Gasteiger partial charge >= 0.3 is 0 Å². The smallest absolute Gasteiger partial charge is 0.137 e. The van der Waals surface area contributed by atoms with E-state index in [0.717, 1.165) is 27.7 Å². The van der Waals surface area contributed by atoms with Gasteiger partial charge in [0.25, 0.3) is 0 Å². The highest BCUT2D eigenvalue weighted by Crippen LogP contribution is 2.30. The number of pyridine rings is 1. The molecule has 0 bridgehead atoms. The molecule has 102 valence electrons. The summed E-state index contributed by atoms with van der Waals surface area (Å²) < 4.78 is 2.05. The van der Waals surface area contributed by atoms with E-state index >= 15 is 0 Å². The maximum absolute atomic E-state index is 5.99. The zero-order chi connectivity index (χ0) is 14.1. The van der Waals surface area contributed by atoms with Crippen LogP contribution in [0.5, 0.6) is 0 Å². The summed E-state index contributed by atoms with van der Waals surface area (Å²) in [4.78, 5) is 5.58. The number of nitrogens with two attached hydrogens (primary N) is 1. The Hall–Kier alpha value is -1.65. The lowest BCUT2D eigenvalue weighted by Crippen LogP contribution is -1.89. The van der Waals surface area contributed by atoms with Gasteiger partial charge in [-0.15, -0.1) is 11.8 Å². The molecule has 5 heteroatoms. The lowest BCUT2D eigenvalue weighted by Gasteiger charge is -2.04. The minimum absolute atomic E-state index is 0.701. The van der Waals surface area contributed by atoms with Crippen molar-refractivity contribution in [1.29, 1.82) is 0 Å². The Morgan fingerprint density at radius 3 is 2.95 bits per heavy atom. The fourth-order valence-corrected chi connectivity index (χ4v) is 3.13. The predicted octanol–water partition coefficient (Wildman–Crippen LogP) is 4.17. The van der Waals surface area contributed by atoms with Gasteiger partial charge in [0, 0.05) is 33.8 Å². The first-order valence-electron chi connectivity index (χ1n) is 6.24. The van der Waals surface area contributed by atoms with Crippen molar-refractivity contribution in [2.75, 3.05) is 5.73 Å². The van der Waals surface area contributed by atoms with E-state index in [-0.39, 0.29) is 0 Å². The Bertz CT molecular complexity index is 767. The summed E-state index contributed by atoms with van der Waals surface area (Å²) in [5.41, 5.74) is 9.90. The number of anilines is 1. The molecule has 0 aliphatic carbocycles. The topological polar surface area (TPSA) is 43.3 Å². The molecule has 0 radical (unpaired) electrons. The van der Waals surface area contributed by atoms with Crippen LogP contribution in [0, 0.1) is 6.92 Å². The number of aromatic nitrogens is 2. The second-order valence-corrected chi connectivity index (χ2v) is 6.13. The number of rotatable bonds is 3. The highest BCUT2D eigenvalue weighted by atomic mass is 35.5. The van der Waals surface area contributed by atoms with Crippen molar-refractivity contribution in [3.05, 3.63) is 59.0 Å². The van der Waals surface area contributed by atoms with Crippen LogP contribution in [0.1, 0.15) is 11.3 Å². The summed E-state index contributed by atoms with van der Waals surface area (Å²) in [5.74, 6) is 0.769. The molecule has 0 amide bonds. The van der Waals surface area contributed by atoms with Gasteiger partial charge in [0.05, 0.1) is 5.69 Å². The van der Waals surface area contributed by atoms with Gasteiger partial charge < -0.3 is 10.1 Å². The molecule has 0 atom stereocenters. The third-order valence-corrected chi connectivity index (χ3v) is 4.34. The van der Waals surface area contributed by atoms with Crippen molar-refractivity contribution in [2.45, 2.75) is 17.6 Å². The predicted molar refractivity (Wildman–Crippen MR) is 85.4 cm³/mol. The number of halogens is 1. The quantitative estimate of drug-likeness (QED) is 0.583. The fraction of sp³-hybridized carbons (Fsp3) is 0.133. The van der Waals surface area contributed by atoms with Crippen molar-refractivity contribution in [2.24, 2.45) is 0 Å². The highest BCUT2D eigenvalue weighted by molar-refractivity contribution is 7.98. The van der Waals surface area contributed by atoms with Crippen LogP contribution in [0.2, 0.25) is 5.02 Å². The van der Waals surface area contributed by atoms with E-state index in [1.54, 1.807) is 17.8 Å². The number of benzene rings is 1. The van der Waals surface area contributed by atoms with Crippen LogP contribution in [0.4, 0.5) is 5.69 Å². The van der Waals surface area contributed by atoms with E-state index < -0.39 is 0 Å². The molecule has 2 aromatic heterocycles. The van der Waals surface area contributed by atoms with Gasteiger partial charge in [0.1, 0.15) is 5.65 Å². The maximum atomic E-state index is 5.99. The van der Waals surface area contributed by atoms with Crippen LogP contribution in [0.25, 0.3) is 5.65 Å². The minimum atomic E-state index is 0.701. The number of nitrogen functional groups attached to an aromatic ring is 1. The van der Waals surface area contributed by atoms with E-state index in [0.29, 0.717) is 5.02 Å². The molecule has 0 aliphatic rings. The molecule has 0 fully saturated rings. The van der Waals surface area contributed by atoms with E-state index in [2.05, 4.69) is 30.4 Å². The Kier molecular flexibility index (Phi) is 3.59. The highest BCUT2D eigenvalue weighted by Gasteiger charge is 2.05. The molecule has 1 aromatic carbocycles. The van der Waals surface area contributed by atoms with Crippen LogP contribution in [0.3, 0.4) is 0 Å². The number of nitrogens with zero attached hydrogens (tertiary/aromatic N) is 2. The van der Waals surface area contributed by atoms with Gasteiger partial charge in [-0.3, -0.25) is 0 Å². The summed E-state index contributed by atoms with van der Waals surface area (Å²) in [6.07, 6.45) is 4.13. The van der Waals surface area contributed by atoms with Gasteiger partial charge in [0.15, 0.2) is 0 Å². The molecule has 0 unspecified atom stereocenters. The van der Waals surface area contributed by atoms with Crippen molar-refractivity contribution in [3.8, 4) is 0 Å². The van der Waals surface area contributed by atoms with Crippen molar-refractivity contribution in [1.82, 2.24) is 9.38 Å². The molecule has 2 heterocycles. The van der Waals surface area contributed by atoms with Gasteiger partial charge in [-0.2, -0.15) is 0 Å². The summed E-state index contributed by atoms with van der Waals surface area (Å²) in [6, 6.07) is 9.61. The summed E-state index contributed by atoms with van der Waals surface area (Å²) in [6.45, 7) is 2.07. The molecule has 0 saturated carbocycles. The Balaban J connectivity index is 1.81. The molecule has 0 aliphatic heterocycles. The lowest BCUT2D eigenvalue weighted by atomic mass is 10.3. The molecule has 20 heavy (non-hydrogen) atoms. The van der Waals surface area contributed by atoms with Crippen LogP contribution in [0.15, 0.2) is 47.6 Å². The normalized spacial score (nSPS) is 11.1. The van der Waals surface area contributed by atoms with E-state index in [1.807, 2.05) is 22.6 Å². The third kappa shape index (κ3) is 2.76. The van der Waals surface area contributed by atoms with Crippen molar-refractivity contribution >= 4 is 34.7 Å². The first-order valence-corrected chi connectivity index (χ1v) is 7.60. The second kappa shape index (κ2) is 5.38. The lowest BCUT2D eigenvalue weighted by molar-refractivity contribution is 1.15. The molecule has 3 aromatic rings. The monoisotopic (exact) mass is 303 g/mol. The summed E-state index contributed by atoms with van der Waals surface area (Å²) in [5, 5.41) is 0.701. The standard InChI is InChI=1S/C15H14ClN3S/c1-10-2-5-15-18-12(8-19(15)7-10)9-20-14-6-11(16)3-4-13(14)17/h2-8H,9,17H2,1H3. The fourth-order valence-electron chi connectivity index (χ4n) is 2.01. The number of hydrogen-bond donors (Lipinski definition) is 1. The number of imidazole rings is 1. The van der Waals surface area contributed by atoms with Gasteiger partial charge in [-0.05, 0) is 36.8 Å². The van der Waals surface area contributed by atoms with Crippen LogP contribution < -0.4 is 5.73 Å². The van der Waals surface area contributed by atoms with Gasteiger partial charge in [0.2, 0.25) is 0 Å². The van der Waals surface area contributed by atoms with Gasteiger partial charge in [-0.1, -0.05) is 17.7 Å². The number of hydrogen-bond acceptors (Lipinski definition) is 3. The van der Waals surface area contributed by atoms with Crippen molar-refractivity contribution in [3.63, 3.8) is 0 Å². The van der Waals surface area contributed by atoms with Crippen LogP contribution >= 0.6 is 23.4 Å². The molecule has 3 nitrogen and oxygen atoms in total. The molecular formula is C15H14ClN3S. The van der Waals surface area contributed by atoms with Crippen LogP contribution in [-0.2, 0) is 5.75 Å². The number of aryl methyl sites for hydroxylation is 1. The summed E-state index contributed by atoms with van der Waals surface area (Å²) in [7, 11) is 0. The average molecular weight is 304 g/mol. The van der Waals surface area contributed by atoms with E-state index in [1.165, 1.54) is 5.56 Å². The molecule has 0 saturated heterocycles. The second-order valence-electron chi connectivity index (χ2n) is 4.67. The Morgan fingerprint density at radius 1 is 1.25 bits per heavy atom. The number of fused-ring (bicyclic) bond motifs is 1. The molecular weight excluding hydrogens is 290 g/mol. The number of thioether (sulfide) groups is 1. The summed E-state index contributed by atoms with van der Waals surface area (Å²) >= 11 is 7.64. The van der Waals surface area contributed by atoms with E-state index in [9.17, 15) is 0 Å². The first-order chi connectivity index (χ1) is 9.61. The molecule has 2 N–H and O–H groups in total. The minimum Gasteiger partial charge on any atom is -0.398 e. The zero-order valence-corrected chi connectivity index (χ0v) is 12.6. The molecule has 0 spiro atoms. The Labute approximate surface area is 126 Å². The SMILES string of the molecule is Cc1ccc2nc(CSc3cc(Cl)ccc3N)cn2c1. The average Bonchev–Trinajstić information content (AvgIpc) is 2.81. The maximum Gasteiger partial charge on any atom is 0.137 e. The van der Waals surface area contributed by atoms with Gasteiger partial charge in [-0.25, -0.2) is 4.98 Å².